The van der Waals surface area contributed by atoms with Gasteiger partial charge in [0.1, 0.15) is 17.9 Å². The van der Waals surface area contributed by atoms with Crippen molar-refractivity contribution in [1.29, 1.82) is 0 Å². The first-order chi connectivity index (χ1) is 11.6. The van der Waals surface area contributed by atoms with Gasteiger partial charge in [0.2, 0.25) is 0 Å². The zero-order valence-corrected chi connectivity index (χ0v) is 13.6. The van der Waals surface area contributed by atoms with E-state index >= 15 is 0 Å². The van der Waals surface area contributed by atoms with E-state index in [0.29, 0.717) is 10.7 Å². The van der Waals surface area contributed by atoms with Gasteiger partial charge in [-0.2, -0.15) is 0 Å². The van der Waals surface area contributed by atoms with Gasteiger partial charge in [-0.25, -0.2) is 4.98 Å². The lowest BCUT2D eigenvalue weighted by molar-refractivity contribution is -0.139. The number of carbonyl (C=O) groups excluding carboxylic acids is 2. The molecule has 0 unspecified atom stereocenters. The minimum atomic E-state index is -0.517. The first kappa shape index (κ1) is 16.0. The molecule has 0 aliphatic rings. The highest BCUT2D eigenvalue weighted by atomic mass is 35.5. The van der Waals surface area contributed by atoms with Crippen LogP contribution in [0.2, 0.25) is 5.02 Å². The number of halogens is 1. The zero-order valence-electron chi connectivity index (χ0n) is 12.8. The molecule has 0 fully saturated rings. The average molecular weight is 344 g/mol. The molecule has 0 aliphatic heterocycles. The summed E-state index contributed by atoms with van der Waals surface area (Å²) < 4.78 is 6.24. The molecule has 7 heteroatoms. The number of nitrogens with zero attached hydrogens (tertiary/aromatic N) is 2. The zero-order chi connectivity index (χ0) is 17.1. The third kappa shape index (κ3) is 3.38. The van der Waals surface area contributed by atoms with Gasteiger partial charge in [0.05, 0.1) is 7.11 Å². The average Bonchev–Trinajstić information content (AvgIpc) is 3.03. The van der Waals surface area contributed by atoms with Crippen LogP contribution in [0.4, 0.5) is 0 Å². The van der Waals surface area contributed by atoms with Crippen molar-refractivity contribution in [2.45, 2.75) is 0 Å². The summed E-state index contributed by atoms with van der Waals surface area (Å²) >= 11 is 5.90. The van der Waals surface area contributed by atoms with Gasteiger partial charge in [-0.3, -0.25) is 9.59 Å². The lowest BCUT2D eigenvalue weighted by Gasteiger charge is -2.02. The lowest BCUT2D eigenvalue weighted by Crippen LogP contribution is -2.30. The van der Waals surface area contributed by atoms with Crippen LogP contribution in [-0.4, -0.2) is 34.9 Å². The number of nitrogens with one attached hydrogen (secondary N) is 1. The lowest BCUT2D eigenvalue weighted by atomic mass is 10.1. The third-order valence-corrected chi connectivity index (χ3v) is 3.73. The van der Waals surface area contributed by atoms with E-state index < -0.39 is 11.9 Å². The van der Waals surface area contributed by atoms with Gasteiger partial charge in [-0.05, 0) is 35.4 Å². The first-order valence-electron chi connectivity index (χ1n) is 7.16. The van der Waals surface area contributed by atoms with E-state index in [1.54, 1.807) is 10.6 Å². The molecular formula is C17H14ClN3O3. The quantitative estimate of drug-likeness (QED) is 0.739. The molecule has 24 heavy (non-hydrogen) atoms. The maximum atomic E-state index is 12.0. The highest BCUT2D eigenvalue weighted by Crippen LogP contribution is 2.22. The largest absolute Gasteiger partial charge is 0.468 e. The van der Waals surface area contributed by atoms with Crippen molar-refractivity contribution < 1.29 is 14.3 Å². The van der Waals surface area contributed by atoms with Gasteiger partial charge in [0.15, 0.2) is 0 Å². The monoisotopic (exact) mass is 343 g/mol. The van der Waals surface area contributed by atoms with Crippen LogP contribution in [0.1, 0.15) is 10.5 Å². The minimum Gasteiger partial charge on any atom is -0.468 e. The van der Waals surface area contributed by atoms with Crippen LogP contribution in [0.15, 0.2) is 48.8 Å². The number of methoxy groups -OCH3 is 1. The number of hydrogen-bond donors (Lipinski definition) is 1. The second-order valence-electron chi connectivity index (χ2n) is 5.08. The number of amides is 1. The Labute approximate surface area is 143 Å². The second-order valence-corrected chi connectivity index (χ2v) is 5.51. The van der Waals surface area contributed by atoms with Crippen LogP contribution >= 0.6 is 11.6 Å². The summed E-state index contributed by atoms with van der Waals surface area (Å²) in [6.45, 7) is -0.195. The van der Waals surface area contributed by atoms with Crippen LogP contribution < -0.4 is 5.32 Å². The topological polar surface area (TPSA) is 72.7 Å². The van der Waals surface area contributed by atoms with Crippen molar-refractivity contribution in [1.82, 2.24) is 14.7 Å². The maximum absolute atomic E-state index is 12.0. The molecule has 0 spiro atoms. The predicted octanol–water partition coefficient (Wildman–Crippen LogP) is 2.56. The Morgan fingerprint density at radius 3 is 2.54 bits per heavy atom. The first-order valence-corrected chi connectivity index (χ1v) is 7.54. The number of pyridine rings is 1. The molecule has 0 atom stereocenters. The summed E-state index contributed by atoms with van der Waals surface area (Å²) in [5.74, 6) is -0.950. The highest BCUT2D eigenvalue weighted by Gasteiger charge is 2.12. The van der Waals surface area contributed by atoms with Crippen molar-refractivity contribution >= 4 is 29.1 Å². The number of fused-ring (bicyclic) bond motifs is 1. The van der Waals surface area contributed by atoms with E-state index in [0.717, 1.165) is 11.1 Å². The van der Waals surface area contributed by atoms with Crippen molar-refractivity contribution in [3.05, 3.63) is 59.5 Å². The van der Waals surface area contributed by atoms with E-state index in [1.807, 2.05) is 42.6 Å². The van der Waals surface area contributed by atoms with Crippen molar-refractivity contribution in [3.8, 4) is 11.1 Å². The summed E-state index contributed by atoms with van der Waals surface area (Å²) in [6, 6.07) is 11.2. The number of esters is 1. The van der Waals surface area contributed by atoms with Gasteiger partial charge in [0.25, 0.3) is 5.91 Å². The summed E-state index contributed by atoms with van der Waals surface area (Å²) in [4.78, 5) is 27.3. The molecular weight excluding hydrogens is 330 g/mol. The number of imidazole rings is 1. The van der Waals surface area contributed by atoms with E-state index in [1.165, 1.54) is 7.11 Å². The second kappa shape index (κ2) is 6.72. The molecule has 1 aromatic carbocycles. The van der Waals surface area contributed by atoms with E-state index in [2.05, 4.69) is 15.0 Å². The standard InChI is InChI=1S/C17H14ClN3O3/c1-24-16(22)8-19-17(23)14-10-21-9-12(4-7-15(21)20-14)11-2-5-13(18)6-3-11/h2-7,9-10H,8H2,1H3,(H,19,23). The van der Waals surface area contributed by atoms with Gasteiger partial charge in [-0.15, -0.1) is 0 Å². The van der Waals surface area contributed by atoms with Crippen LogP contribution in [0, 0.1) is 0 Å². The molecule has 1 amide bonds. The fourth-order valence-electron chi connectivity index (χ4n) is 2.23. The van der Waals surface area contributed by atoms with Crippen LogP contribution in [0.5, 0.6) is 0 Å². The molecule has 2 aromatic heterocycles. The van der Waals surface area contributed by atoms with Gasteiger partial charge >= 0.3 is 5.97 Å². The fraction of sp³-hybridized carbons (Fsp3) is 0.118. The Balaban J connectivity index is 1.85. The Kier molecular flexibility index (Phi) is 4.48. The molecule has 0 saturated carbocycles. The fourth-order valence-corrected chi connectivity index (χ4v) is 2.36. The van der Waals surface area contributed by atoms with E-state index in [4.69, 9.17) is 11.6 Å². The molecule has 0 radical (unpaired) electrons. The molecule has 1 N–H and O–H groups in total. The minimum absolute atomic E-state index is 0.195. The number of ether oxygens (including phenoxy) is 1. The normalized spacial score (nSPS) is 10.6. The van der Waals surface area contributed by atoms with Crippen LogP contribution in [0.3, 0.4) is 0 Å². The number of aromatic nitrogens is 2. The van der Waals surface area contributed by atoms with Crippen molar-refractivity contribution in [2.75, 3.05) is 13.7 Å². The van der Waals surface area contributed by atoms with Gasteiger partial charge < -0.3 is 14.5 Å². The predicted molar refractivity (Wildman–Crippen MR) is 90.0 cm³/mol. The molecule has 3 aromatic rings. The maximum Gasteiger partial charge on any atom is 0.325 e. The summed E-state index contributed by atoms with van der Waals surface area (Å²) in [5.41, 5.74) is 2.84. The SMILES string of the molecule is COC(=O)CNC(=O)c1cn2cc(-c3ccc(Cl)cc3)ccc2n1. The van der Waals surface area contributed by atoms with Crippen molar-refractivity contribution in [2.24, 2.45) is 0 Å². The Morgan fingerprint density at radius 1 is 1.12 bits per heavy atom. The molecule has 2 heterocycles. The highest BCUT2D eigenvalue weighted by molar-refractivity contribution is 6.30. The van der Waals surface area contributed by atoms with Gasteiger partial charge in [-0.1, -0.05) is 23.7 Å². The van der Waals surface area contributed by atoms with E-state index in [9.17, 15) is 9.59 Å². The number of benzene rings is 1. The molecule has 0 bridgehead atoms. The Bertz CT molecular complexity index is 903. The molecule has 0 saturated heterocycles. The van der Waals surface area contributed by atoms with E-state index in [-0.39, 0.29) is 12.2 Å². The molecule has 3 rings (SSSR count). The molecule has 6 nitrogen and oxygen atoms in total. The molecule has 122 valence electrons. The van der Waals surface area contributed by atoms with Gasteiger partial charge in [0, 0.05) is 17.4 Å². The summed E-state index contributed by atoms with van der Waals surface area (Å²) in [5, 5.41) is 3.13. The summed E-state index contributed by atoms with van der Waals surface area (Å²) in [6.07, 6.45) is 3.49. The molecule has 0 aliphatic carbocycles. The smallest absolute Gasteiger partial charge is 0.325 e. The number of rotatable bonds is 4. The van der Waals surface area contributed by atoms with Crippen molar-refractivity contribution in [3.63, 3.8) is 0 Å². The Hall–Kier alpha value is -2.86. The third-order valence-electron chi connectivity index (χ3n) is 3.48. The number of carbonyl (C=O) groups is 2. The number of hydrogen-bond acceptors (Lipinski definition) is 4. The van der Waals surface area contributed by atoms with Crippen LogP contribution in [-0.2, 0) is 9.53 Å². The summed E-state index contributed by atoms with van der Waals surface area (Å²) in [7, 11) is 1.26. The van der Waals surface area contributed by atoms with Crippen LogP contribution in [0.25, 0.3) is 16.8 Å². The Morgan fingerprint density at radius 2 is 1.83 bits per heavy atom.